The van der Waals surface area contributed by atoms with Gasteiger partial charge in [0.05, 0.1) is 19.3 Å². The van der Waals surface area contributed by atoms with Gasteiger partial charge in [0.25, 0.3) is 5.56 Å². The van der Waals surface area contributed by atoms with Gasteiger partial charge in [-0.05, 0) is 23.6 Å². The smallest absolute Gasteiger partial charge is 0.259 e. The Morgan fingerprint density at radius 1 is 1.24 bits per heavy atom. The van der Waals surface area contributed by atoms with Crippen LogP contribution in [0.1, 0.15) is 10.9 Å². The summed E-state index contributed by atoms with van der Waals surface area (Å²) in [6.07, 6.45) is 1.73. The van der Waals surface area contributed by atoms with Gasteiger partial charge in [0.2, 0.25) is 0 Å². The van der Waals surface area contributed by atoms with Crippen LogP contribution in [-0.4, -0.2) is 47.1 Å². The predicted molar refractivity (Wildman–Crippen MR) is 99.4 cm³/mol. The first-order chi connectivity index (χ1) is 12.3. The number of ether oxygens (including phenoxy) is 1. The molecule has 1 fully saturated rings. The summed E-state index contributed by atoms with van der Waals surface area (Å²) < 4.78 is 7.02. The van der Waals surface area contributed by atoms with Gasteiger partial charge >= 0.3 is 0 Å². The lowest BCUT2D eigenvalue weighted by Crippen LogP contribution is -2.41. The van der Waals surface area contributed by atoms with Crippen LogP contribution in [-0.2, 0) is 4.74 Å². The minimum absolute atomic E-state index is 0.0767. The number of nitrogens with one attached hydrogen (secondary N) is 1. The van der Waals surface area contributed by atoms with E-state index in [4.69, 9.17) is 4.74 Å². The standard InChI is InChI=1S/C18H20N4O2S/c23-18-12-16(20-17-5-1-2-6-22(17)18)19-13-14(15-4-3-11-25-15)21-7-9-24-10-8-21/h1-6,11-12,14,19H,7-10,13H2. The van der Waals surface area contributed by atoms with Crippen LogP contribution in [0.3, 0.4) is 0 Å². The third kappa shape index (κ3) is 3.58. The van der Waals surface area contributed by atoms with E-state index in [0.29, 0.717) is 18.0 Å². The lowest BCUT2D eigenvalue weighted by Gasteiger charge is -2.34. The highest BCUT2D eigenvalue weighted by molar-refractivity contribution is 7.10. The van der Waals surface area contributed by atoms with Gasteiger partial charge in [0.15, 0.2) is 0 Å². The zero-order valence-electron chi connectivity index (χ0n) is 13.8. The second kappa shape index (κ2) is 7.35. The molecule has 25 heavy (non-hydrogen) atoms. The number of pyridine rings is 1. The van der Waals surface area contributed by atoms with Gasteiger partial charge < -0.3 is 10.1 Å². The van der Waals surface area contributed by atoms with Crippen molar-refractivity contribution in [3.63, 3.8) is 0 Å². The summed E-state index contributed by atoms with van der Waals surface area (Å²) in [5, 5.41) is 5.46. The first kappa shape index (κ1) is 16.3. The third-order valence-corrected chi connectivity index (χ3v) is 5.38. The van der Waals surface area contributed by atoms with Crippen molar-refractivity contribution in [3.8, 4) is 0 Å². The molecule has 1 atom stereocenters. The molecule has 6 nitrogen and oxygen atoms in total. The topological polar surface area (TPSA) is 58.9 Å². The zero-order chi connectivity index (χ0) is 17.1. The van der Waals surface area contributed by atoms with Crippen molar-refractivity contribution in [3.05, 3.63) is 63.2 Å². The van der Waals surface area contributed by atoms with Crippen LogP contribution in [0.4, 0.5) is 5.82 Å². The molecule has 0 bridgehead atoms. The maximum absolute atomic E-state index is 12.2. The monoisotopic (exact) mass is 356 g/mol. The number of hydrogen-bond acceptors (Lipinski definition) is 6. The minimum atomic E-state index is -0.0767. The summed E-state index contributed by atoms with van der Waals surface area (Å²) >= 11 is 1.76. The van der Waals surface area contributed by atoms with Crippen LogP contribution >= 0.6 is 11.3 Å². The lowest BCUT2D eigenvalue weighted by molar-refractivity contribution is 0.0194. The molecule has 4 rings (SSSR count). The zero-order valence-corrected chi connectivity index (χ0v) is 14.6. The fraction of sp³-hybridized carbons (Fsp3) is 0.333. The molecule has 1 aliphatic heterocycles. The highest BCUT2D eigenvalue weighted by Crippen LogP contribution is 2.26. The Kier molecular flexibility index (Phi) is 4.78. The number of hydrogen-bond donors (Lipinski definition) is 1. The molecule has 0 radical (unpaired) electrons. The van der Waals surface area contributed by atoms with Gasteiger partial charge in [0.1, 0.15) is 11.5 Å². The molecule has 0 spiro atoms. The van der Waals surface area contributed by atoms with Gasteiger partial charge in [-0.2, -0.15) is 0 Å². The van der Waals surface area contributed by atoms with Crippen LogP contribution in [0.25, 0.3) is 5.65 Å². The number of rotatable bonds is 5. The Bertz CT molecular complexity index is 887. The van der Waals surface area contributed by atoms with Gasteiger partial charge in [-0.1, -0.05) is 12.1 Å². The maximum atomic E-state index is 12.2. The molecule has 0 aromatic carbocycles. The van der Waals surface area contributed by atoms with E-state index in [1.807, 2.05) is 18.2 Å². The molecule has 0 amide bonds. The fourth-order valence-corrected chi connectivity index (χ4v) is 3.99. The minimum Gasteiger partial charge on any atom is -0.379 e. The van der Waals surface area contributed by atoms with Gasteiger partial charge in [-0.3, -0.25) is 14.1 Å². The van der Waals surface area contributed by atoms with Crippen molar-refractivity contribution in [2.75, 3.05) is 38.2 Å². The molecule has 7 heteroatoms. The predicted octanol–water partition coefficient (Wildman–Crippen LogP) is 2.24. The van der Waals surface area contributed by atoms with E-state index in [-0.39, 0.29) is 11.6 Å². The first-order valence-corrected chi connectivity index (χ1v) is 9.27. The Hall–Kier alpha value is -2.22. The molecule has 130 valence electrons. The Balaban J connectivity index is 1.55. The molecule has 3 aromatic heterocycles. The molecule has 0 aliphatic carbocycles. The highest BCUT2D eigenvalue weighted by atomic mass is 32.1. The summed E-state index contributed by atoms with van der Waals surface area (Å²) in [4.78, 5) is 20.5. The van der Waals surface area contributed by atoms with E-state index in [0.717, 1.165) is 26.3 Å². The average molecular weight is 356 g/mol. The van der Waals surface area contributed by atoms with E-state index >= 15 is 0 Å². The molecule has 1 unspecified atom stereocenters. The number of aromatic nitrogens is 2. The Morgan fingerprint density at radius 2 is 2.12 bits per heavy atom. The van der Waals surface area contributed by atoms with E-state index < -0.39 is 0 Å². The lowest BCUT2D eigenvalue weighted by atomic mass is 10.2. The van der Waals surface area contributed by atoms with E-state index in [2.05, 4.69) is 32.7 Å². The van der Waals surface area contributed by atoms with Gasteiger partial charge in [0, 0.05) is 36.8 Å². The Labute approximate surface area is 149 Å². The second-order valence-corrected chi connectivity index (χ2v) is 6.95. The summed E-state index contributed by atoms with van der Waals surface area (Å²) in [6, 6.07) is 11.6. The van der Waals surface area contributed by atoms with E-state index in [9.17, 15) is 4.79 Å². The number of anilines is 1. The third-order valence-electron chi connectivity index (χ3n) is 4.41. The quantitative estimate of drug-likeness (QED) is 0.760. The van der Waals surface area contributed by atoms with Crippen LogP contribution < -0.4 is 10.9 Å². The van der Waals surface area contributed by atoms with Crippen LogP contribution in [0.2, 0.25) is 0 Å². The van der Waals surface area contributed by atoms with Crippen molar-refractivity contribution in [2.24, 2.45) is 0 Å². The van der Waals surface area contributed by atoms with Crippen molar-refractivity contribution in [1.29, 1.82) is 0 Å². The van der Waals surface area contributed by atoms with Crippen LogP contribution in [0, 0.1) is 0 Å². The highest BCUT2D eigenvalue weighted by Gasteiger charge is 2.23. The van der Waals surface area contributed by atoms with Gasteiger partial charge in [-0.15, -0.1) is 11.3 Å². The normalized spacial score (nSPS) is 16.8. The largest absolute Gasteiger partial charge is 0.379 e. The van der Waals surface area contributed by atoms with E-state index in [1.54, 1.807) is 28.0 Å². The van der Waals surface area contributed by atoms with Crippen LogP contribution in [0.15, 0.2) is 52.8 Å². The molecule has 3 aromatic rings. The summed E-state index contributed by atoms with van der Waals surface area (Å²) in [6.45, 7) is 4.06. The van der Waals surface area contributed by atoms with Gasteiger partial charge in [-0.25, -0.2) is 4.98 Å². The molecular formula is C18H20N4O2S. The second-order valence-electron chi connectivity index (χ2n) is 5.97. The Morgan fingerprint density at radius 3 is 2.92 bits per heavy atom. The number of morpholine rings is 1. The van der Waals surface area contributed by atoms with E-state index in [1.165, 1.54) is 4.88 Å². The van der Waals surface area contributed by atoms with Crippen molar-refractivity contribution >= 4 is 22.8 Å². The van der Waals surface area contributed by atoms with Crippen molar-refractivity contribution < 1.29 is 4.74 Å². The number of nitrogens with zero attached hydrogens (tertiary/aromatic N) is 3. The molecule has 1 aliphatic rings. The molecule has 4 heterocycles. The first-order valence-electron chi connectivity index (χ1n) is 8.39. The summed E-state index contributed by atoms with van der Waals surface area (Å²) in [7, 11) is 0. The maximum Gasteiger partial charge on any atom is 0.259 e. The van der Waals surface area contributed by atoms with Crippen molar-refractivity contribution in [2.45, 2.75) is 6.04 Å². The number of fused-ring (bicyclic) bond motifs is 1. The average Bonchev–Trinajstić information content (AvgIpc) is 3.17. The van der Waals surface area contributed by atoms with Crippen molar-refractivity contribution in [1.82, 2.24) is 14.3 Å². The summed E-state index contributed by atoms with van der Waals surface area (Å²) in [5.74, 6) is 0.617. The van der Waals surface area contributed by atoms with Crippen LogP contribution in [0.5, 0.6) is 0 Å². The molecule has 1 saturated heterocycles. The summed E-state index contributed by atoms with van der Waals surface area (Å²) in [5.41, 5.74) is 0.573. The SMILES string of the molecule is O=c1cc(NCC(c2cccs2)N2CCOCC2)nc2ccccn12. The fourth-order valence-electron chi connectivity index (χ4n) is 3.13. The number of thiophene rings is 1. The molecule has 1 N–H and O–H groups in total. The molecule has 0 saturated carbocycles. The molecular weight excluding hydrogens is 336 g/mol.